The molecule has 0 spiro atoms. The van der Waals surface area contributed by atoms with Crippen LogP contribution in [0.1, 0.15) is 78.6 Å². The van der Waals surface area contributed by atoms with Crippen molar-refractivity contribution in [2.45, 2.75) is 78.6 Å². The van der Waals surface area contributed by atoms with Crippen molar-refractivity contribution in [3.8, 4) is 0 Å². The summed E-state index contributed by atoms with van der Waals surface area (Å²) >= 11 is 0. The molecule has 0 aromatic heterocycles. The standard InChI is InChI=1S/C21H32O/c1-14(22)17-9-10-18-16-8-7-15-6-4-5-12-20(15,2)19(16)11-13-21(17,18)3/h6,16-19H,4-5,7-13H2,1-3H3/t16-,17+,18-,19-,20-,21+/m0/s1. The molecule has 0 aromatic rings. The molecular formula is C21H32O. The number of hydrogen-bond donors (Lipinski definition) is 0. The number of carbonyl (C=O) groups excluding carboxylic acids is 1. The van der Waals surface area contributed by atoms with Gasteiger partial charge < -0.3 is 0 Å². The smallest absolute Gasteiger partial charge is 0.133 e. The van der Waals surface area contributed by atoms with Crippen LogP contribution in [0.15, 0.2) is 11.6 Å². The lowest BCUT2D eigenvalue weighted by molar-refractivity contribution is -0.127. The average molecular weight is 300 g/mol. The van der Waals surface area contributed by atoms with Gasteiger partial charge in [-0.05, 0) is 93.3 Å². The molecular weight excluding hydrogens is 268 g/mol. The fourth-order valence-corrected chi connectivity index (χ4v) is 7.42. The molecule has 0 radical (unpaired) electrons. The maximum atomic E-state index is 12.1. The zero-order valence-corrected chi connectivity index (χ0v) is 14.7. The maximum Gasteiger partial charge on any atom is 0.133 e. The van der Waals surface area contributed by atoms with E-state index in [1.807, 2.05) is 6.92 Å². The minimum atomic E-state index is 0.319. The average Bonchev–Trinajstić information content (AvgIpc) is 2.84. The highest BCUT2D eigenvalue weighted by Crippen LogP contribution is 2.66. The summed E-state index contributed by atoms with van der Waals surface area (Å²) < 4.78 is 0. The van der Waals surface area contributed by atoms with Gasteiger partial charge in [0.1, 0.15) is 5.78 Å². The van der Waals surface area contributed by atoms with Gasteiger partial charge in [0.15, 0.2) is 0 Å². The molecule has 22 heavy (non-hydrogen) atoms. The van der Waals surface area contributed by atoms with E-state index < -0.39 is 0 Å². The second-order valence-electron chi connectivity index (χ2n) is 9.24. The number of rotatable bonds is 1. The van der Waals surface area contributed by atoms with Crippen molar-refractivity contribution in [1.29, 1.82) is 0 Å². The van der Waals surface area contributed by atoms with Gasteiger partial charge in [0, 0.05) is 5.92 Å². The number of carbonyl (C=O) groups is 1. The highest BCUT2D eigenvalue weighted by atomic mass is 16.1. The Morgan fingerprint density at radius 3 is 2.68 bits per heavy atom. The second kappa shape index (κ2) is 4.95. The van der Waals surface area contributed by atoms with E-state index >= 15 is 0 Å². The summed E-state index contributed by atoms with van der Waals surface area (Å²) in [5, 5.41) is 0. The van der Waals surface area contributed by atoms with Crippen LogP contribution in [-0.2, 0) is 4.79 Å². The molecule has 1 heteroatoms. The topological polar surface area (TPSA) is 17.1 Å². The van der Waals surface area contributed by atoms with Crippen molar-refractivity contribution in [1.82, 2.24) is 0 Å². The van der Waals surface area contributed by atoms with Crippen LogP contribution in [0, 0.1) is 34.5 Å². The van der Waals surface area contributed by atoms with E-state index in [1.165, 1.54) is 57.8 Å². The molecule has 4 aliphatic carbocycles. The fraction of sp³-hybridized carbons (Fsp3) is 0.857. The molecule has 0 heterocycles. The van der Waals surface area contributed by atoms with Crippen molar-refractivity contribution >= 4 is 5.78 Å². The Labute approximate surface area is 135 Å². The van der Waals surface area contributed by atoms with Crippen molar-refractivity contribution < 1.29 is 4.79 Å². The van der Waals surface area contributed by atoms with Crippen LogP contribution in [-0.4, -0.2) is 5.78 Å². The van der Waals surface area contributed by atoms with Crippen molar-refractivity contribution in [2.24, 2.45) is 34.5 Å². The molecule has 1 nitrogen and oxygen atoms in total. The van der Waals surface area contributed by atoms with Gasteiger partial charge in [-0.25, -0.2) is 0 Å². The van der Waals surface area contributed by atoms with Crippen LogP contribution >= 0.6 is 0 Å². The minimum absolute atomic E-state index is 0.319. The first-order valence-electron chi connectivity index (χ1n) is 9.67. The third-order valence-electron chi connectivity index (χ3n) is 8.52. The highest BCUT2D eigenvalue weighted by Gasteiger charge is 2.59. The van der Waals surface area contributed by atoms with Gasteiger partial charge >= 0.3 is 0 Å². The van der Waals surface area contributed by atoms with Gasteiger partial charge in [-0.15, -0.1) is 0 Å². The Kier molecular flexibility index (Phi) is 3.37. The van der Waals surface area contributed by atoms with Gasteiger partial charge in [0.05, 0.1) is 0 Å². The van der Waals surface area contributed by atoms with Crippen LogP contribution in [0.4, 0.5) is 0 Å². The molecule has 0 unspecified atom stereocenters. The monoisotopic (exact) mass is 300 g/mol. The quantitative estimate of drug-likeness (QED) is 0.581. The minimum Gasteiger partial charge on any atom is -0.300 e. The molecule has 4 aliphatic rings. The summed E-state index contributed by atoms with van der Waals surface area (Å²) in [6.07, 6.45) is 14.6. The Morgan fingerprint density at radius 1 is 1.09 bits per heavy atom. The molecule has 0 saturated heterocycles. The van der Waals surface area contributed by atoms with Crippen molar-refractivity contribution in [3.05, 3.63) is 11.6 Å². The van der Waals surface area contributed by atoms with Crippen LogP contribution < -0.4 is 0 Å². The normalized spacial score (nSPS) is 50.6. The van der Waals surface area contributed by atoms with Crippen LogP contribution in [0.2, 0.25) is 0 Å². The van der Waals surface area contributed by atoms with E-state index in [9.17, 15) is 4.79 Å². The zero-order valence-electron chi connectivity index (χ0n) is 14.7. The van der Waals surface area contributed by atoms with Gasteiger partial charge in [0.2, 0.25) is 0 Å². The molecule has 3 saturated carbocycles. The van der Waals surface area contributed by atoms with Crippen molar-refractivity contribution in [3.63, 3.8) is 0 Å². The van der Waals surface area contributed by atoms with E-state index in [2.05, 4.69) is 19.9 Å². The Morgan fingerprint density at radius 2 is 1.91 bits per heavy atom. The molecule has 6 atom stereocenters. The van der Waals surface area contributed by atoms with Gasteiger partial charge in [0.25, 0.3) is 0 Å². The lowest BCUT2D eigenvalue weighted by Crippen LogP contribution is -2.50. The fourth-order valence-electron chi connectivity index (χ4n) is 7.42. The van der Waals surface area contributed by atoms with E-state index in [0.717, 1.165) is 17.8 Å². The molecule has 4 rings (SSSR count). The second-order valence-corrected chi connectivity index (χ2v) is 9.24. The summed E-state index contributed by atoms with van der Waals surface area (Å²) in [4.78, 5) is 12.1. The van der Waals surface area contributed by atoms with Crippen molar-refractivity contribution in [2.75, 3.05) is 0 Å². The third kappa shape index (κ3) is 1.86. The summed E-state index contributed by atoms with van der Waals surface area (Å²) in [5.74, 6) is 3.43. The summed E-state index contributed by atoms with van der Waals surface area (Å²) in [6, 6.07) is 0. The molecule has 0 aliphatic heterocycles. The number of Topliss-reactive ketones (excluding diaryl/α,β-unsaturated/α-hetero) is 1. The van der Waals surface area contributed by atoms with Gasteiger partial charge in [-0.1, -0.05) is 25.5 Å². The Balaban J connectivity index is 1.67. The highest BCUT2D eigenvalue weighted by molar-refractivity contribution is 5.79. The number of fused-ring (bicyclic) bond motifs is 5. The third-order valence-corrected chi connectivity index (χ3v) is 8.52. The van der Waals surface area contributed by atoms with E-state index in [0.29, 0.717) is 22.5 Å². The van der Waals surface area contributed by atoms with Crippen LogP contribution in [0.3, 0.4) is 0 Å². The molecule has 0 amide bonds. The lowest BCUT2D eigenvalue weighted by atomic mass is 9.47. The SMILES string of the molecule is CC(=O)[C@H]1CC[C@H]2[C@@H]3CCC4=CCCC[C@]4(C)[C@H]3CC[C@]12C. The molecule has 0 N–H and O–H groups in total. The van der Waals surface area contributed by atoms with Gasteiger partial charge in [-0.3, -0.25) is 4.79 Å². The first-order chi connectivity index (χ1) is 10.5. The largest absolute Gasteiger partial charge is 0.300 e. The molecule has 3 fully saturated rings. The van der Waals surface area contributed by atoms with E-state index in [4.69, 9.17) is 0 Å². The Bertz CT molecular complexity index is 518. The lowest BCUT2D eigenvalue weighted by Gasteiger charge is -2.58. The van der Waals surface area contributed by atoms with E-state index in [-0.39, 0.29) is 0 Å². The van der Waals surface area contributed by atoms with Crippen LogP contribution in [0.5, 0.6) is 0 Å². The molecule has 122 valence electrons. The first kappa shape index (κ1) is 15.0. The number of ketones is 1. The predicted molar refractivity (Wildman–Crippen MR) is 90.5 cm³/mol. The zero-order chi connectivity index (χ0) is 15.5. The Hall–Kier alpha value is -0.590. The maximum absolute atomic E-state index is 12.1. The summed E-state index contributed by atoms with van der Waals surface area (Å²) in [6.45, 7) is 6.88. The molecule has 0 aromatic carbocycles. The summed E-state index contributed by atoms with van der Waals surface area (Å²) in [5.41, 5.74) is 2.61. The van der Waals surface area contributed by atoms with Crippen LogP contribution in [0.25, 0.3) is 0 Å². The summed E-state index contributed by atoms with van der Waals surface area (Å²) in [7, 11) is 0. The first-order valence-corrected chi connectivity index (χ1v) is 9.67. The number of allylic oxidation sites excluding steroid dienone is 2. The van der Waals surface area contributed by atoms with Gasteiger partial charge in [-0.2, -0.15) is 0 Å². The molecule has 0 bridgehead atoms. The number of hydrogen-bond acceptors (Lipinski definition) is 1. The predicted octanol–water partition coefficient (Wildman–Crippen LogP) is 5.54. The van der Waals surface area contributed by atoms with E-state index in [1.54, 1.807) is 5.57 Å².